The Balaban J connectivity index is 1.26. The highest BCUT2D eigenvalue weighted by molar-refractivity contribution is 6.24. The van der Waals surface area contributed by atoms with Gasteiger partial charge >= 0.3 is 0 Å². The van der Waals surface area contributed by atoms with Crippen LogP contribution in [-0.4, -0.2) is 0 Å². The maximum Gasteiger partial charge on any atom is 0.135 e. The lowest BCUT2D eigenvalue weighted by molar-refractivity contribution is 0.669. The Labute approximate surface area is 271 Å². The Morgan fingerprint density at radius 2 is 0.787 bits per heavy atom. The molecule has 0 atom stereocenters. The number of rotatable bonds is 3. The molecule has 10 rings (SSSR count). The predicted octanol–water partition coefficient (Wildman–Crippen LogP) is 13.2. The van der Waals surface area contributed by atoms with Crippen LogP contribution < -0.4 is 0 Å². The van der Waals surface area contributed by atoms with E-state index in [4.69, 9.17) is 4.42 Å². The number of hydrogen-bond acceptors (Lipinski definition) is 1. The molecule has 0 saturated carbocycles. The third-order valence-corrected chi connectivity index (χ3v) is 9.85. The van der Waals surface area contributed by atoms with Crippen molar-refractivity contribution in [2.24, 2.45) is 0 Å². The summed E-state index contributed by atoms with van der Waals surface area (Å²) in [5.74, 6) is 0. The molecule has 0 bridgehead atoms. The number of furan rings is 1. The predicted molar refractivity (Wildman–Crippen MR) is 200 cm³/mol. The Kier molecular flexibility index (Phi) is 5.64. The molecular formula is C46H28O. The second-order valence-electron chi connectivity index (χ2n) is 12.4. The number of hydrogen-bond donors (Lipinski definition) is 0. The van der Waals surface area contributed by atoms with Crippen LogP contribution in [-0.2, 0) is 0 Å². The zero-order chi connectivity index (χ0) is 30.9. The average molecular weight is 597 g/mol. The van der Waals surface area contributed by atoms with Gasteiger partial charge in [-0.25, -0.2) is 0 Å². The largest absolute Gasteiger partial charge is 0.456 e. The second-order valence-corrected chi connectivity index (χ2v) is 12.4. The highest BCUT2D eigenvalue weighted by Crippen LogP contribution is 2.47. The van der Waals surface area contributed by atoms with Crippen LogP contribution in [0.4, 0.5) is 0 Å². The summed E-state index contributed by atoms with van der Waals surface area (Å²) in [5, 5.41) is 12.3. The van der Waals surface area contributed by atoms with E-state index in [1.165, 1.54) is 76.5 Å². The van der Waals surface area contributed by atoms with Crippen LogP contribution in [0.2, 0.25) is 0 Å². The van der Waals surface area contributed by atoms with E-state index in [0.717, 1.165) is 21.9 Å². The van der Waals surface area contributed by atoms with Crippen molar-refractivity contribution in [3.05, 3.63) is 170 Å². The van der Waals surface area contributed by atoms with Crippen LogP contribution in [0.15, 0.2) is 174 Å². The van der Waals surface area contributed by atoms with Crippen LogP contribution in [0, 0.1) is 0 Å². The van der Waals surface area contributed by atoms with Crippen molar-refractivity contribution in [1.29, 1.82) is 0 Å². The molecule has 0 saturated heterocycles. The Hall–Kier alpha value is -6.18. The van der Waals surface area contributed by atoms with Crippen LogP contribution in [0.25, 0.3) is 98.4 Å². The van der Waals surface area contributed by atoms with Crippen LogP contribution in [0.5, 0.6) is 0 Å². The van der Waals surface area contributed by atoms with Gasteiger partial charge in [0.2, 0.25) is 0 Å². The van der Waals surface area contributed by atoms with Crippen LogP contribution >= 0.6 is 0 Å². The minimum atomic E-state index is 0.915. The molecule has 218 valence electrons. The summed E-state index contributed by atoms with van der Waals surface area (Å²) in [6, 6.07) is 61.7. The van der Waals surface area contributed by atoms with E-state index in [0.29, 0.717) is 0 Å². The molecule has 9 aromatic carbocycles. The Morgan fingerprint density at radius 3 is 1.51 bits per heavy atom. The maximum absolute atomic E-state index is 6.20. The molecule has 0 aliphatic carbocycles. The van der Waals surface area contributed by atoms with Crippen LogP contribution in [0.3, 0.4) is 0 Å². The molecule has 1 heterocycles. The standard InChI is InChI=1S/C46H28O/c1-2-12-30-27-31(22-21-29(30)11-1)33-24-25-41(35-14-4-3-13-34(33)35)46-39-18-7-5-16-37(39)45(38-17-6-8-19-40(38)46)32-23-26-44-42(28-32)36-15-9-10-20-43(36)47-44/h1-28H. The van der Waals surface area contributed by atoms with Gasteiger partial charge in [-0.2, -0.15) is 0 Å². The fourth-order valence-corrected chi connectivity index (χ4v) is 7.74. The average Bonchev–Trinajstić information content (AvgIpc) is 3.51. The topological polar surface area (TPSA) is 13.1 Å². The smallest absolute Gasteiger partial charge is 0.135 e. The first-order chi connectivity index (χ1) is 23.3. The molecule has 10 aromatic rings. The molecule has 0 N–H and O–H groups in total. The van der Waals surface area contributed by atoms with Gasteiger partial charge in [-0.3, -0.25) is 0 Å². The quantitative estimate of drug-likeness (QED) is 0.185. The molecule has 1 heteroatoms. The summed E-state index contributed by atoms with van der Waals surface area (Å²) >= 11 is 0. The van der Waals surface area contributed by atoms with E-state index in [9.17, 15) is 0 Å². The van der Waals surface area contributed by atoms with Crippen molar-refractivity contribution in [2.45, 2.75) is 0 Å². The zero-order valence-electron chi connectivity index (χ0n) is 25.6. The summed E-state index contributed by atoms with van der Waals surface area (Å²) in [4.78, 5) is 0. The number of benzene rings is 9. The van der Waals surface area contributed by atoms with Crippen LogP contribution in [0.1, 0.15) is 0 Å². The van der Waals surface area contributed by atoms with E-state index in [1.54, 1.807) is 0 Å². The maximum atomic E-state index is 6.20. The molecular weight excluding hydrogens is 569 g/mol. The van der Waals surface area contributed by atoms with Crippen molar-refractivity contribution in [1.82, 2.24) is 0 Å². The highest BCUT2D eigenvalue weighted by atomic mass is 16.3. The van der Waals surface area contributed by atoms with E-state index >= 15 is 0 Å². The lowest BCUT2D eigenvalue weighted by Gasteiger charge is -2.20. The van der Waals surface area contributed by atoms with Crippen molar-refractivity contribution in [3.8, 4) is 33.4 Å². The lowest BCUT2D eigenvalue weighted by atomic mass is 9.83. The van der Waals surface area contributed by atoms with Gasteiger partial charge in [0.1, 0.15) is 11.2 Å². The second kappa shape index (κ2) is 10.2. The van der Waals surface area contributed by atoms with Crippen molar-refractivity contribution < 1.29 is 4.42 Å². The van der Waals surface area contributed by atoms with Gasteiger partial charge in [0.25, 0.3) is 0 Å². The fourth-order valence-electron chi connectivity index (χ4n) is 7.74. The van der Waals surface area contributed by atoms with Gasteiger partial charge in [0.15, 0.2) is 0 Å². The minimum Gasteiger partial charge on any atom is -0.456 e. The third-order valence-electron chi connectivity index (χ3n) is 9.85. The molecule has 0 radical (unpaired) electrons. The first-order valence-electron chi connectivity index (χ1n) is 16.2. The first kappa shape index (κ1) is 26.1. The molecule has 1 nitrogen and oxygen atoms in total. The molecule has 0 amide bonds. The highest BCUT2D eigenvalue weighted by Gasteiger charge is 2.19. The van der Waals surface area contributed by atoms with Gasteiger partial charge < -0.3 is 4.42 Å². The Bertz CT molecular complexity index is 2800. The van der Waals surface area contributed by atoms with Gasteiger partial charge in [-0.15, -0.1) is 0 Å². The molecule has 1 aromatic heterocycles. The van der Waals surface area contributed by atoms with Crippen molar-refractivity contribution in [2.75, 3.05) is 0 Å². The summed E-state index contributed by atoms with van der Waals surface area (Å²) in [6.45, 7) is 0. The Morgan fingerprint density at radius 1 is 0.277 bits per heavy atom. The number of fused-ring (bicyclic) bond motifs is 7. The van der Waals surface area contributed by atoms with Crippen molar-refractivity contribution in [3.63, 3.8) is 0 Å². The molecule has 0 aliphatic rings. The molecule has 0 spiro atoms. The van der Waals surface area contributed by atoms with E-state index in [1.807, 2.05) is 12.1 Å². The summed E-state index contributed by atoms with van der Waals surface area (Å²) in [5.41, 5.74) is 9.29. The van der Waals surface area contributed by atoms with E-state index < -0.39 is 0 Å². The summed E-state index contributed by atoms with van der Waals surface area (Å²) in [6.07, 6.45) is 0. The molecule has 0 unspecified atom stereocenters. The third kappa shape index (κ3) is 3.97. The molecule has 0 fully saturated rings. The zero-order valence-corrected chi connectivity index (χ0v) is 25.6. The molecule has 0 aliphatic heterocycles. The normalized spacial score (nSPS) is 11.8. The van der Waals surface area contributed by atoms with Gasteiger partial charge in [0, 0.05) is 10.8 Å². The van der Waals surface area contributed by atoms with Gasteiger partial charge in [-0.05, 0) is 101 Å². The summed E-state index contributed by atoms with van der Waals surface area (Å²) < 4.78 is 6.20. The lowest BCUT2D eigenvalue weighted by Crippen LogP contribution is -1.92. The van der Waals surface area contributed by atoms with E-state index in [2.05, 4.69) is 158 Å². The van der Waals surface area contributed by atoms with Crippen molar-refractivity contribution >= 4 is 65.0 Å². The SMILES string of the molecule is c1ccc2cc(-c3ccc(-c4c5ccccc5c(-c5ccc6oc7ccccc7c6c5)c5ccccc45)c4ccccc34)ccc2c1. The minimum absolute atomic E-state index is 0.915. The monoisotopic (exact) mass is 596 g/mol. The fraction of sp³-hybridized carbons (Fsp3) is 0. The molecule has 47 heavy (non-hydrogen) atoms. The van der Waals surface area contributed by atoms with Gasteiger partial charge in [-0.1, -0.05) is 146 Å². The number of para-hydroxylation sites is 1. The van der Waals surface area contributed by atoms with E-state index in [-0.39, 0.29) is 0 Å². The summed E-state index contributed by atoms with van der Waals surface area (Å²) in [7, 11) is 0. The first-order valence-corrected chi connectivity index (χ1v) is 16.2. The van der Waals surface area contributed by atoms with Gasteiger partial charge in [0.05, 0.1) is 0 Å².